The SMILES string of the molecule is O=C(CC1COCCN1)N(Cc1ccccc1)CC(O)c1cccs1. The maximum atomic E-state index is 12.8. The second kappa shape index (κ2) is 9.10. The minimum absolute atomic E-state index is 0.0301. The Morgan fingerprint density at radius 3 is 2.84 bits per heavy atom. The minimum Gasteiger partial charge on any atom is -0.386 e. The van der Waals surface area contributed by atoms with E-state index < -0.39 is 6.10 Å². The number of nitrogens with one attached hydrogen (secondary N) is 1. The van der Waals surface area contributed by atoms with Crippen LogP contribution in [0.3, 0.4) is 0 Å². The molecule has 1 aliphatic heterocycles. The topological polar surface area (TPSA) is 61.8 Å². The van der Waals surface area contributed by atoms with Crippen molar-refractivity contribution in [3.05, 3.63) is 58.3 Å². The largest absolute Gasteiger partial charge is 0.386 e. The van der Waals surface area contributed by atoms with Gasteiger partial charge >= 0.3 is 0 Å². The number of aliphatic hydroxyl groups is 1. The number of carbonyl (C=O) groups is 1. The molecule has 2 heterocycles. The van der Waals surface area contributed by atoms with E-state index in [0.29, 0.717) is 32.7 Å². The highest BCUT2D eigenvalue weighted by Gasteiger charge is 2.24. The van der Waals surface area contributed by atoms with Crippen LogP contribution >= 0.6 is 11.3 Å². The third-order valence-corrected chi connectivity index (χ3v) is 5.23. The van der Waals surface area contributed by atoms with Crippen LogP contribution in [0.5, 0.6) is 0 Å². The molecule has 1 aromatic heterocycles. The maximum Gasteiger partial charge on any atom is 0.224 e. The van der Waals surface area contributed by atoms with Crippen molar-refractivity contribution < 1.29 is 14.6 Å². The van der Waals surface area contributed by atoms with Gasteiger partial charge in [-0.05, 0) is 17.0 Å². The highest BCUT2D eigenvalue weighted by Crippen LogP contribution is 2.21. The summed E-state index contributed by atoms with van der Waals surface area (Å²) in [6.45, 7) is 2.81. The van der Waals surface area contributed by atoms with Gasteiger partial charge in [-0.15, -0.1) is 11.3 Å². The molecular weight excluding hydrogens is 336 g/mol. The summed E-state index contributed by atoms with van der Waals surface area (Å²) in [6, 6.07) is 13.7. The number of benzene rings is 1. The first-order chi connectivity index (χ1) is 12.2. The van der Waals surface area contributed by atoms with Crippen LogP contribution in [-0.2, 0) is 16.1 Å². The fourth-order valence-corrected chi connectivity index (χ4v) is 3.63. The van der Waals surface area contributed by atoms with Crippen LogP contribution in [0.25, 0.3) is 0 Å². The molecule has 0 spiro atoms. The second-order valence-corrected chi connectivity index (χ2v) is 7.20. The summed E-state index contributed by atoms with van der Waals surface area (Å²) in [5.41, 5.74) is 1.06. The zero-order valence-corrected chi connectivity index (χ0v) is 15.0. The van der Waals surface area contributed by atoms with Gasteiger partial charge in [0.25, 0.3) is 0 Å². The highest BCUT2D eigenvalue weighted by molar-refractivity contribution is 7.10. The van der Waals surface area contributed by atoms with Crippen LogP contribution in [0.4, 0.5) is 0 Å². The Morgan fingerprint density at radius 2 is 2.16 bits per heavy atom. The van der Waals surface area contributed by atoms with Crippen LogP contribution < -0.4 is 5.32 Å². The van der Waals surface area contributed by atoms with Gasteiger partial charge in [-0.1, -0.05) is 36.4 Å². The zero-order chi connectivity index (χ0) is 17.5. The first kappa shape index (κ1) is 18.1. The van der Waals surface area contributed by atoms with Gasteiger partial charge in [-0.25, -0.2) is 0 Å². The van der Waals surface area contributed by atoms with Crippen molar-refractivity contribution >= 4 is 17.2 Å². The molecule has 6 heteroatoms. The molecule has 1 aliphatic rings. The maximum absolute atomic E-state index is 12.8. The Hall–Kier alpha value is -1.73. The molecule has 0 bridgehead atoms. The van der Waals surface area contributed by atoms with Crippen molar-refractivity contribution in [2.24, 2.45) is 0 Å². The van der Waals surface area contributed by atoms with Gasteiger partial charge in [-0.3, -0.25) is 4.79 Å². The Labute approximate surface area is 152 Å². The molecule has 25 heavy (non-hydrogen) atoms. The van der Waals surface area contributed by atoms with Gasteiger partial charge in [-0.2, -0.15) is 0 Å². The van der Waals surface area contributed by atoms with Crippen molar-refractivity contribution in [2.75, 3.05) is 26.3 Å². The van der Waals surface area contributed by atoms with E-state index in [2.05, 4.69) is 5.32 Å². The molecule has 2 aromatic rings. The lowest BCUT2D eigenvalue weighted by Gasteiger charge is -2.29. The number of nitrogens with zero attached hydrogens (tertiary/aromatic N) is 1. The lowest BCUT2D eigenvalue weighted by molar-refractivity contribution is -0.134. The quantitative estimate of drug-likeness (QED) is 0.795. The molecule has 2 unspecified atom stereocenters. The smallest absolute Gasteiger partial charge is 0.224 e. The van der Waals surface area contributed by atoms with E-state index in [-0.39, 0.29) is 11.9 Å². The highest BCUT2D eigenvalue weighted by atomic mass is 32.1. The zero-order valence-electron chi connectivity index (χ0n) is 14.1. The van der Waals surface area contributed by atoms with Crippen LogP contribution in [0.2, 0.25) is 0 Å². The fourth-order valence-electron chi connectivity index (χ4n) is 2.93. The summed E-state index contributed by atoms with van der Waals surface area (Å²) >= 11 is 1.51. The van der Waals surface area contributed by atoms with E-state index in [1.54, 1.807) is 4.90 Å². The summed E-state index contributed by atoms with van der Waals surface area (Å²) in [5, 5.41) is 15.7. The van der Waals surface area contributed by atoms with Gasteiger partial charge < -0.3 is 20.1 Å². The molecule has 1 saturated heterocycles. The predicted molar refractivity (Wildman–Crippen MR) is 98.4 cm³/mol. The Bertz CT molecular complexity index is 642. The Kier molecular flexibility index (Phi) is 6.58. The van der Waals surface area contributed by atoms with Crippen molar-refractivity contribution in [2.45, 2.75) is 25.1 Å². The van der Waals surface area contributed by atoms with Gasteiger partial charge in [0.1, 0.15) is 6.10 Å². The third kappa shape index (κ3) is 5.37. The van der Waals surface area contributed by atoms with E-state index in [9.17, 15) is 9.90 Å². The molecule has 2 atom stereocenters. The molecule has 3 rings (SSSR count). The standard InChI is InChI=1S/C19H24N2O3S/c22-17(18-7-4-10-25-18)13-21(12-15-5-2-1-3-6-15)19(23)11-16-14-24-9-8-20-16/h1-7,10,16-17,20,22H,8-9,11-14H2. The van der Waals surface area contributed by atoms with Crippen molar-refractivity contribution in [1.82, 2.24) is 10.2 Å². The van der Waals surface area contributed by atoms with Crippen molar-refractivity contribution in [3.63, 3.8) is 0 Å². The predicted octanol–water partition coefficient (Wildman–Crippen LogP) is 2.19. The van der Waals surface area contributed by atoms with E-state index in [1.165, 1.54) is 11.3 Å². The van der Waals surface area contributed by atoms with Gasteiger partial charge in [0.2, 0.25) is 5.91 Å². The van der Waals surface area contributed by atoms with Gasteiger partial charge in [0.15, 0.2) is 0 Å². The van der Waals surface area contributed by atoms with E-state index >= 15 is 0 Å². The molecule has 2 N–H and O–H groups in total. The first-order valence-electron chi connectivity index (χ1n) is 8.56. The summed E-state index contributed by atoms with van der Waals surface area (Å²) in [7, 11) is 0. The summed E-state index contributed by atoms with van der Waals surface area (Å²) < 4.78 is 5.44. The summed E-state index contributed by atoms with van der Waals surface area (Å²) in [4.78, 5) is 15.5. The molecule has 1 aromatic carbocycles. The molecule has 0 saturated carbocycles. The lowest BCUT2D eigenvalue weighted by Crippen LogP contribution is -2.45. The average Bonchev–Trinajstić information content (AvgIpc) is 3.18. The Balaban J connectivity index is 1.67. The minimum atomic E-state index is -0.664. The number of aliphatic hydroxyl groups excluding tert-OH is 1. The molecule has 134 valence electrons. The molecule has 0 radical (unpaired) electrons. The normalized spacial score (nSPS) is 18.7. The van der Waals surface area contributed by atoms with E-state index in [0.717, 1.165) is 17.0 Å². The van der Waals surface area contributed by atoms with E-state index in [4.69, 9.17) is 4.74 Å². The van der Waals surface area contributed by atoms with Crippen molar-refractivity contribution in [3.8, 4) is 0 Å². The summed E-state index contributed by atoms with van der Waals surface area (Å²) in [5.74, 6) is 0.0301. The second-order valence-electron chi connectivity index (χ2n) is 6.22. The third-order valence-electron chi connectivity index (χ3n) is 4.25. The number of thiophene rings is 1. The molecular formula is C19H24N2O3S. The average molecular weight is 360 g/mol. The monoisotopic (exact) mass is 360 g/mol. The molecule has 1 fully saturated rings. The first-order valence-corrected chi connectivity index (χ1v) is 9.44. The number of hydrogen-bond acceptors (Lipinski definition) is 5. The van der Waals surface area contributed by atoms with E-state index in [1.807, 2.05) is 47.8 Å². The number of amides is 1. The van der Waals surface area contributed by atoms with Gasteiger partial charge in [0.05, 0.1) is 19.8 Å². The number of morpholine rings is 1. The van der Waals surface area contributed by atoms with Crippen LogP contribution in [-0.4, -0.2) is 48.3 Å². The lowest BCUT2D eigenvalue weighted by atomic mass is 10.1. The van der Waals surface area contributed by atoms with Crippen LogP contribution in [0.15, 0.2) is 47.8 Å². The number of ether oxygens (including phenoxy) is 1. The van der Waals surface area contributed by atoms with Crippen molar-refractivity contribution in [1.29, 1.82) is 0 Å². The molecule has 5 nitrogen and oxygen atoms in total. The summed E-state index contributed by atoms with van der Waals surface area (Å²) in [6.07, 6.45) is -0.285. The number of carbonyl (C=O) groups excluding carboxylic acids is 1. The molecule has 0 aliphatic carbocycles. The Morgan fingerprint density at radius 1 is 1.32 bits per heavy atom. The fraction of sp³-hybridized carbons (Fsp3) is 0.421. The van der Waals surface area contributed by atoms with Crippen LogP contribution in [0.1, 0.15) is 23.0 Å². The van der Waals surface area contributed by atoms with Crippen LogP contribution in [0, 0.1) is 0 Å². The number of rotatable bonds is 7. The molecule has 1 amide bonds. The number of hydrogen-bond donors (Lipinski definition) is 2. The van der Waals surface area contributed by atoms with Gasteiger partial charge in [0, 0.05) is 30.4 Å².